The Morgan fingerprint density at radius 1 is 1.37 bits per heavy atom. The second-order valence-electron chi connectivity index (χ2n) is 4.05. The van der Waals surface area contributed by atoms with E-state index in [0.29, 0.717) is 31.0 Å². The standard InChI is InChI=1S/C12H18N4O2S/c1-3-19(17,18)15-8-4-7-14-12-6-5-10(2)11(9-13)16-12/h5-6,15H,3-4,7-8H2,1-2H3,(H,14,16). The highest BCUT2D eigenvalue weighted by Crippen LogP contribution is 2.09. The summed E-state index contributed by atoms with van der Waals surface area (Å²) >= 11 is 0. The van der Waals surface area contributed by atoms with Gasteiger partial charge in [0.25, 0.3) is 0 Å². The van der Waals surface area contributed by atoms with Crippen LogP contribution < -0.4 is 10.0 Å². The van der Waals surface area contributed by atoms with Crippen LogP contribution in [0.2, 0.25) is 0 Å². The van der Waals surface area contributed by atoms with Crippen molar-refractivity contribution in [1.29, 1.82) is 5.26 Å². The van der Waals surface area contributed by atoms with Gasteiger partial charge in [-0.1, -0.05) is 6.07 Å². The Hall–Kier alpha value is -1.65. The van der Waals surface area contributed by atoms with E-state index >= 15 is 0 Å². The van der Waals surface area contributed by atoms with Crippen LogP contribution in [-0.4, -0.2) is 32.2 Å². The van der Waals surface area contributed by atoms with Crippen LogP contribution in [0, 0.1) is 18.3 Å². The maximum Gasteiger partial charge on any atom is 0.211 e. The third kappa shape index (κ3) is 5.24. The lowest BCUT2D eigenvalue weighted by molar-refractivity contribution is 0.581. The van der Waals surface area contributed by atoms with Crippen molar-refractivity contribution in [2.24, 2.45) is 0 Å². The minimum absolute atomic E-state index is 0.0888. The first kappa shape index (κ1) is 15.4. The lowest BCUT2D eigenvalue weighted by atomic mass is 10.2. The number of nitrogens with one attached hydrogen (secondary N) is 2. The van der Waals surface area contributed by atoms with E-state index in [1.54, 1.807) is 13.0 Å². The number of nitrogens with zero attached hydrogens (tertiary/aromatic N) is 2. The zero-order valence-corrected chi connectivity index (χ0v) is 11.9. The number of anilines is 1. The SMILES string of the molecule is CCS(=O)(=O)NCCCNc1ccc(C)c(C#N)n1. The van der Waals surface area contributed by atoms with Crippen LogP contribution in [0.15, 0.2) is 12.1 Å². The van der Waals surface area contributed by atoms with Crippen LogP contribution >= 0.6 is 0 Å². The Morgan fingerprint density at radius 3 is 2.74 bits per heavy atom. The fourth-order valence-corrected chi connectivity index (χ4v) is 2.03. The fourth-order valence-electron chi connectivity index (χ4n) is 1.37. The number of pyridine rings is 1. The summed E-state index contributed by atoms with van der Waals surface area (Å²) < 4.78 is 24.8. The molecule has 1 aromatic rings. The first-order valence-corrected chi connectivity index (χ1v) is 7.72. The maximum atomic E-state index is 11.2. The topological polar surface area (TPSA) is 94.9 Å². The zero-order valence-electron chi connectivity index (χ0n) is 11.1. The summed E-state index contributed by atoms with van der Waals surface area (Å²) in [6.45, 7) is 4.41. The first-order valence-electron chi connectivity index (χ1n) is 6.07. The number of aromatic nitrogens is 1. The van der Waals surface area contributed by atoms with E-state index < -0.39 is 10.0 Å². The average Bonchev–Trinajstić information content (AvgIpc) is 2.40. The summed E-state index contributed by atoms with van der Waals surface area (Å²) in [6.07, 6.45) is 0.649. The van der Waals surface area contributed by atoms with Crippen LogP contribution in [-0.2, 0) is 10.0 Å². The Bertz CT molecular complexity index is 564. The molecule has 6 nitrogen and oxygen atoms in total. The molecule has 0 atom stereocenters. The molecule has 7 heteroatoms. The molecule has 0 spiro atoms. The van der Waals surface area contributed by atoms with Crippen molar-refractivity contribution in [2.75, 3.05) is 24.2 Å². The summed E-state index contributed by atoms with van der Waals surface area (Å²) in [5, 5.41) is 11.9. The molecule has 0 radical (unpaired) electrons. The van der Waals surface area contributed by atoms with E-state index in [2.05, 4.69) is 15.0 Å². The minimum atomic E-state index is -3.12. The Kier molecular flexibility index (Phi) is 5.73. The number of hydrogen-bond acceptors (Lipinski definition) is 5. The lowest BCUT2D eigenvalue weighted by Crippen LogP contribution is -2.27. The molecule has 0 bridgehead atoms. The fraction of sp³-hybridized carbons (Fsp3) is 0.500. The molecule has 0 saturated heterocycles. The van der Waals surface area contributed by atoms with Gasteiger partial charge in [0.2, 0.25) is 10.0 Å². The van der Waals surface area contributed by atoms with E-state index in [9.17, 15) is 8.42 Å². The van der Waals surface area contributed by atoms with Crippen LogP contribution in [0.25, 0.3) is 0 Å². The van der Waals surface area contributed by atoms with Crippen LogP contribution in [0.5, 0.6) is 0 Å². The van der Waals surface area contributed by atoms with Crippen molar-refractivity contribution >= 4 is 15.8 Å². The highest BCUT2D eigenvalue weighted by Gasteiger charge is 2.04. The number of nitriles is 1. The van der Waals surface area contributed by atoms with E-state index in [1.807, 2.05) is 19.1 Å². The predicted octanol–water partition coefficient (Wildman–Crippen LogP) is 1.00. The summed E-state index contributed by atoms with van der Waals surface area (Å²) in [7, 11) is -3.12. The molecule has 1 heterocycles. The molecular weight excluding hydrogens is 264 g/mol. The van der Waals surface area contributed by atoms with Crippen molar-refractivity contribution < 1.29 is 8.42 Å². The lowest BCUT2D eigenvalue weighted by Gasteiger charge is -2.07. The second kappa shape index (κ2) is 7.07. The molecule has 2 N–H and O–H groups in total. The van der Waals surface area contributed by atoms with E-state index in [1.165, 1.54) is 0 Å². The van der Waals surface area contributed by atoms with Crippen molar-refractivity contribution in [1.82, 2.24) is 9.71 Å². The third-order valence-electron chi connectivity index (χ3n) is 2.56. The highest BCUT2D eigenvalue weighted by molar-refractivity contribution is 7.89. The van der Waals surface area contributed by atoms with Crippen LogP contribution in [0.4, 0.5) is 5.82 Å². The predicted molar refractivity (Wildman–Crippen MR) is 74.3 cm³/mol. The van der Waals surface area contributed by atoms with Gasteiger partial charge in [-0.2, -0.15) is 5.26 Å². The summed E-state index contributed by atoms with van der Waals surface area (Å²) in [6, 6.07) is 5.65. The Labute approximate surface area is 113 Å². The number of aryl methyl sites for hydroxylation is 1. The van der Waals surface area contributed by atoms with Gasteiger partial charge in [0.05, 0.1) is 5.75 Å². The molecule has 0 aliphatic carbocycles. The van der Waals surface area contributed by atoms with Gasteiger partial charge >= 0.3 is 0 Å². The molecule has 0 aromatic carbocycles. The van der Waals surface area contributed by atoms with Crippen LogP contribution in [0.3, 0.4) is 0 Å². The van der Waals surface area contributed by atoms with E-state index in [0.717, 1.165) is 5.56 Å². The highest BCUT2D eigenvalue weighted by atomic mass is 32.2. The Morgan fingerprint density at radius 2 is 2.11 bits per heavy atom. The first-order chi connectivity index (χ1) is 8.98. The number of hydrogen-bond donors (Lipinski definition) is 2. The third-order valence-corrected chi connectivity index (χ3v) is 3.97. The van der Waals surface area contributed by atoms with Crippen molar-refractivity contribution in [3.63, 3.8) is 0 Å². The van der Waals surface area contributed by atoms with Gasteiger partial charge < -0.3 is 5.32 Å². The molecular formula is C12H18N4O2S. The largest absolute Gasteiger partial charge is 0.370 e. The summed E-state index contributed by atoms with van der Waals surface area (Å²) in [5.41, 5.74) is 1.24. The maximum absolute atomic E-state index is 11.2. The van der Waals surface area contributed by atoms with Gasteiger partial charge in [-0.05, 0) is 31.9 Å². The molecule has 19 heavy (non-hydrogen) atoms. The monoisotopic (exact) mass is 282 g/mol. The summed E-state index contributed by atoms with van der Waals surface area (Å²) in [5.74, 6) is 0.714. The normalized spacial score (nSPS) is 11.0. The van der Waals surface area contributed by atoms with E-state index in [-0.39, 0.29) is 5.75 Å². The molecule has 0 aliphatic heterocycles. The van der Waals surface area contributed by atoms with Gasteiger partial charge in [0.1, 0.15) is 17.6 Å². The molecule has 0 fully saturated rings. The average molecular weight is 282 g/mol. The number of rotatable bonds is 7. The van der Waals surface area contributed by atoms with Gasteiger partial charge in [0, 0.05) is 13.1 Å². The van der Waals surface area contributed by atoms with Gasteiger partial charge in [-0.25, -0.2) is 18.1 Å². The zero-order chi connectivity index (χ0) is 14.3. The molecule has 0 amide bonds. The smallest absolute Gasteiger partial charge is 0.211 e. The van der Waals surface area contributed by atoms with Crippen LogP contribution in [0.1, 0.15) is 24.6 Å². The Balaban J connectivity index is 2.36. The van der Waals surface area contributed by atoms with Crippen molar-refractivity contribution in [3.8, 4) is 6.07 Å². The molecule has 1 aromatic heterocycles. The number of sulfonamides is 1. The molecule has 0 saturated carbocycles. The van der Waals surface area contributed by atoms with Gasteiger partial charge in [0.15, 0.2) is 0 Å². The molecule has 0 unspecified atom stereocenters. The van der Waals surface area contributed by atoms with Crippen molar-refractivity contribution in [3.05, 3.63) is 23.4 Å². The molecule has 1 rings (SSSR count). The van der Waals surface area contributed by atoms with Gasteiger partial charge in [-0.15, -0.1) is 0 Å². The minimum Gasteiger partial charge on any atom is -0.370 e. The van der Waals surface area contributed by atoms with Gasteiger partial charge in [-0.3, -0.25) is 0 Å². The quantitative estimate of drug-likeness (QED) is 0.728. The van der Waals surface area contributed by atoms with E-state index in [4.69, 9.17) is 5.26 Å². The molecule has 104 valence electrons. The second-order valence-corrected chi connectivity index (χ2v) is 6.15. The van der Waals surface area contributed by atoms with Crippen molar-refractivity contribution in [2.45, 2.75) is 20.3 Å². The molecule has 0 aliphatic rings. The summed E-state index contributed by atoms with van der Waals surface area (Å²) in [4.78, 5) is 4.14.